The molecule has 0 atom stereocenters. The van der Waals surface area contributed by atoms with Crippen LogP contribution in [0, 0.1) is 11.3 Å². The molecule has 4 N–H and O–H groups in total. The average Bonchev–Trinajstić information content (AvgIpc) is 3.33. The molecule has 0 aromatic carbocycles. The average molecular weight is 385 g/mol. The molecule has 0 amide bonds. The quantitative estimate of drug-likeness (QED) is 0.633. The lowest BCUT2D eigenvalue weighted by molar-refractivity contribution is 0.0694. The van der Waals surface area contributed by atoms with Crippen molar-refractivity contribution in [3.8, 4) is 28.6 Å². The monoisotopic (exact) mass is 385 g/mol. The Morgan fingerprint density at radius 3 is 2.83 bits per heavy atom. The first-order chi connectivity index (χ1) is 14.0. The highest BCUT2D eigenvalue weighted by Gasteiger charge is 2.40. The van der Waals surface area contributed by atoms with Gasteiger partial charge in [0.25, 0.3) is 0 Å². The van der Waals surface area contributed by atoms with Crippen molar-refractivity contribution in [2.24, 2.45) is 5.73 Å². The number of aromatic nitrogens is 3. The lowest BCUT2D eigenvalue weighted by atomic mass is 9.88. The Hall–Kier alpha value is -3.50. The number of nitrogens with two attached hydrogens (primary N) is 1. The van der Waals surface area contributed by atoms with Crippen molar-refractivity contribution in [3.05, 3.63) is 58.7 Å². The minimum absolute atomic E-state index is 0.284. The van der Waals surface area contributed by atoms with Crippen LogP contribution >= 0.6 is 0 Å². The molecular weight excluding hydrogens is 366 g/mol. The summed E-state index contributed by atoms with van der Waals surface area (Å²) in [4.78, 5) is 24.1. The summed E-state index contributed by atoms with van der Waals surface area (Å²) in [6.45, 7) is 0. The number of aromatic amines is 1. The summed E-state index contributed by atoms with van der Waals surface area (Å²) in [7, 11) is 0. The number of aromatic carboxylic acids is 1. The van der Waals surface area contributed by atoms with E-state index in [9.17, 15) is 9.90 Å². The molecule has 0 spiro atoms. The van der Waals surface area contributed by atoms with Gasteiger partial charge < -0.3 is 15.8 Å². The maximum absolute atomic E-state index is 12.0. The van der Waals surface area contributed by atoms with E-state index in [0.717, 1.165) is 47.2 Å². The Morgan fingerprint density at radius 2 is 2.10 bits per heavy atom. The molecule has 7 nitrogen and oxygen atoms in total. The predicted octanol–water partition coefficient (Wildman–Crippen LogP) is 2.84. The van der Waals surface area contributed by atoms with Crippen molar-refractivity contribution in [3.63, 3.8) is 0 Å². The van der Waals surface area contributed by atoms with Crippen LogP contribution in [0.4, 0.5) is 0 Å². The van der Waals surface area contributed by atoms with Gasteiger partial charge in [0, 0.05) is 47.4 Å². The first kappa shape index (κ1) is 17.6. The van der Waals surface area contributed by atoms with E-state index in [0.29, 0.717) is 35.4 Å². The van der Waals surface area contributed by atoms with E-state index >= 15 is 0 Å². The Balaban J connectivity index is 1.64. The van der Waals surface area contributed by atoms with Gasteiger partial charge in [-0.15, -0.1) is 0 Å². The van der Waals surface area contributed by atoms with Crippen molar-refractivity contribution < 1.29 is 9.90 Å². The van der Waals surface area contributed by atoms with Crippen LogP contribution in [0.1, 0.15) is 45.6 Å². The van der Waals surface area contributed by atoms with Gasteiger partial charge in [0.15, 0.2) is 0 Å². The number of rotatable bonds is 4. The third-order valence-electron chi connectivity index (χ3n) is 5.88. The maximum atomic E-state index is 12.0. The highest BCUT2D eigenvalue weighted by molar-refractivity contribution is 5.95. The van der Waals surface area contributed by atoms with Crippen LogP contribution in [0.25, 0.3) is 22.5 Å². The molecule has 3 aromatic heterocycles. The fourth-order valence-electron chi connectivity index (χ4n) is 4.13. The fraction of sp³-hybridized carbons (Fsp3) is 0.273. The summed E-state index contributed by atoms with van der Waals surface area (Å²) in [6.07, 6.45) is 8.79. The van der Waals surface area contributed by atoms with Gasteiger partial charge in [-0.2, -0.15) is 5.26 Å². The fourth-order valence-corrected chi connectivity index (χ4v) is 4.13. The zero-order valence-electron chi connectivity index (χ0n) is 15.7. The summed E-state index contributed by atoms with van der Waals surface area (Å²) < 4.78 is 0. The predicted molar refractivity (Wildman–Crippen MR) is 106 cm³/mol. The molecule has 3 aromatic rings. The van der Waals surface area contributed by atoms with Crippen LogP contribution in [0.15, 0.2) is 30.7 Å². The van der Waals surface area contributed by atoms with E-state index in [2.05, 4.69) is 21.0 Å². The second kappa shape index (κ2) is 6.26. The molecule has 2 aliphatic carbocycles. The molecule has 5 rings (SSSR count). The summed E-state index contributed by atoms with van der Waals surface area (Å²) in [5.74, 6) is -0.912. The first-order valence-electron chi connectivity index (χ1n) is 9.58. The minimum atomic E-state index is -0.912. The highest BCUT2D eigenvalue weighted by atomic mass is 16.4. The zero-order chi connectivity index (χ0) is 20.2. The van der Waals surface area contributed by atoms with Crippen molar-refractivity contribution in [2.75, 3.05) is 0 Å². The summed E-state index contributed by atoms with van der Waals surface area (Å²) in [5, 5.41) is 19.0. The van der Waals surface area contributed by atoms with Crippen LogP contribution in [0.5, 0.6) is 0 Å². The SMILES string of the molecule is N#Cc1cncc(-c2cc3c(cn2)CCc2c-3[nH]c(CC3(N)CC3)c2C(=O)O)c1. The number of nitrogens with zero attached hydrogens (tertiary/aromatic N) is 3. The first-order valence-corrected chi connectivity index (χ1v) is 9.58. The second-order valence-electron chi connectivity index (χ2n) is 7.98. The van der Waals surface area contributed by atoms with Crippen LogP contribution in [0.3, 0.4) is 0 Å². The molecule has 0 radical (unpaired) electrons. The van der Waals surface area contributed by atoms with Gasteiger partial charge in [-0.3, -0.25) is 9.97 Å². The highest BCUT2D eigenvalue weighted by Crippen LogP contribution is 2.41. The Bertz CT molecular complexity index is 1200. The van der Waals surface area contributed by atoms with Gasteiger partial charge in [0.1, 0.15) is 6.07 Å². The number of nitriles is 1. The van der Waals surface area contributed by atoms with E-state index < -0.39 is 5.97 Å². The molecule has 7 heteroatoms. The van der Waals surface area contributed by atoms with Gasteiger partial charge in [-0.05, 0) is 48.9 Å². The Labute approximate surface area is 167 Å². The van der Waals surface area contributed by atoms with E-state index in [1.54, 1.807) is 12.3 Å². The molecule has 0 bridgehead atoms. The molecule has 0 aliphatic heterocycles. The molecule has 2 aliphatic rings. The largest absolute Gasteiger partial charge is 0.478 e. The maximum Gasteiger partial charge on any atom is 0.337 e. The van der Waals surface area contributed by atoms with E-state index in [-0.39, 0.29) is 5.54 Å². The summed E-state index contributed by atoms with van der Waals surface area (Å²) in [6, 6.07) is 5.79. The summed E-state index contributed by atoms with van der Waals surface area (Å²) in [5.41, 5.74) is 12.7. The van der Waals surface area contributed by atoms with Crippen molar-refractivity contribution in [1.82, 2.24) is 15.0 Å². The topological polar surface area (TPSA) is 129 Å². The molecular formula is C22H19N5O2. The lowest BCUT2D eigenvalue weighted by Crippen LogP contribution is -2.25. The lowest BCUT2D eigenvalue weighted by Gasteiger charge is -2.17. The van der Waals surface area contributed by atoms with Gasteiger partial charge in [0.05, 0.1) is 22.5 Å². The smallest absolute Gasteiger partial charge is 0.337 e. The Kier molecular flexibility index (Phi) is 3.80. The zero-order valence-corrected chi connectivity index (χ0v) is 15.7. The molecule has 29 heavy (non-hydrogen) atoms. The number of fused-ring (bicyclic) bond motifs is 3. The number of carboxylic acids is 1. The van der Waals surface area contributed by atoms with Crippen LogP contribution < -0.4 is 5.73 Å². The number of pyridine rings is 2. The van der Waals surface area contributed by atoms with Gasteiger partial charge in [-0.1, -0.05) is 0 Å². The van der Waals surface area contributed by atoms with Crippen molar-refractivity contribution in [2.45, 2.75) is 37.6 Å². The second-order valence-corrected chi connectivity index (χ2v) is 7.98. The number of aryl methyl sites for hydroxylation is 1. The van der Waals surface area contributed by atoms with Gasteiger partial charge in [0.2, 0.25) is 0 Å². The van der Waals surface area contributed by atoms with Crippen molar-refractivity contribution >= 4 is 5.97 Å². The van der Waals surface area contributed by atoms with Crippen LogP contribution in [0.2, 0.25) is 0 Å². The van der Waals surface area contributed by atoms with E-state index in [1.807, 2.05) is 12.3 Å². The molecule has 3 heterocycles. The Morgan fingerprint density at radius 1 is 1.28 bits per heavy atom. The molecule has 1 saturated carbocycles. The number of carboxylic acid groups (broad SMARTS) is 1. The van der Waals surface area contributed by atoms with E-state index in [4.69, 9.17) is 11.0 Å². The van der Waals surface area contributed by atoms with Gasteiger partial charge in [-0.25, -0.2) is 4.79 Å². The number of hydrogen-bond donors (Lipinski definition) is 3. The minimum Gasteiger partial charge on any atom is -0.478 e. The normalized spacial score (nSPS) is 15.9. The third-order valence-corrected chi connectivity index (χ3v) is 5.88. The van der Waals surface area contributed by atoms with Crippen LogP contribution in [-0.4, -0.2) is 31.6 Å². The summed E-state index contributed by atoms with van der Waals surface area (Å²) >= 11 is 0. The molecule has 144 valence electrons. The van der Waals surface area contributed by atoms with E-state index in [1.165, 1.54) is 6.20 Å². The van der Waals surface area contributed by atoms with Crippen molar-refractivity contribution in [1.29, 1.82) is 5.26 Å². The number of H-pyrrole nitrogens is 1. The molecule has 0 saturated heterocycles. The third kappa shape index (κ3) is 2.98. The number of nitrogens with one attached hydrogen (secondary N) is 1. The molecule has 1 fully saturated rings. The number of hydrogen-bond acceptors (Lipinski definition) is 5. The standard InChI is InChI=1S/C22H19N5O2/c23-8-12-5-14(10-25-9-12)17-6-16-13(11-26-17)1-2-15-19(21(28)29)18(27-20(15)16)7-22(24)3-4-22/h5-6,9-11,27H,1-4,7,24H2,(H,28,29). The van der Waals surface area contributed by atoms with Gasteiger partial charge >= 0.3 is 5.97 Å². The molecule has 0 unspecified atom stereocenters. The van der Waals surface area contributed by atoms with Crippen LogP contribution in [-0.2, 0) is 19.3 Å². The number of carbonyl (C=O) groups is 1.